The van der Waals surface area contributed by atoms with Crippen LogP contribution in [-0.2, 0) is 4.79 Å². The molecule has 4 nitrogen and oxygen atoms in total. The summed E-state index contributed by atoms with van der Waals surface area (Å²) in [6.45, 7) is 1.81. The lowest BCUT2D eigenvalue weighted by Crippen LogP contribution is -2.05. The van der Waals surface area contributed by atoms with Gasteiger partial charge in [-0.15, -0.1) is 0 Å². The van der Waals surface area contributed by atoms with Crippen molar-refractivity contribution >= 4 is 39.6 Å². The monoisotopic (exact) mass is 410 g/mol. The molecule has 0 aliphatic rings. The highest BCUT2D eigenvalue weighted by atomic mass is 79.9. The summed E-state index contributed by atoms with van der Waals surface area (Å²) < 4.78 is 16.6. The number of esters is 1. The van der Waals surface area contributed by atoms with Crippen LogP contribution < -0.4 is 14.2 Å². The average molecular weight is 412 g/mol. The molecule has 126 valence electrons. The molecule has 0 unspecified atom stereocenters. The summed E-state index contributed by atoms with van der Waals surface area (Å²) in [6, 6.07) is 8.80. The average Bonchev–Trinajstić information content (AvgIpc) is 2.55. The van der Waals surface area contributed by atoms with E-state index in [1.807, 2.05) is 13.0 Å². The molecule has 6 heteroatoms. The van der Waals surface area contributed by atoms with Crippen LogP contribution in [0.1, 0.15) is 11.1 Å². The highest BCUT2D eigenvalue weighted by Crippen LogP contribution is 2.32. The van der Waals surface area contributed by atoms with E-state index in [4.69, 9.17) is 25.8 Å². The first-order chi connectivity index (χ1) is 11.4. The topological polar surface area (TPSA) is 44.8 Å². The second-order valence-electron chi connectivity index (χ2n) is 4.90. The van der Waals surface area contributed by atoms with Crippen molar-refractivity contribution in [2.75, 3.05) is 14.2 Å². The van der Waals surface area contributed by atoms with Crippen LogP contribution >= 0.6 is 27.5 Å². The van der Waals surface area contributed by atoms with Gasteiger partial charge in [-0.1, -0.05) is 27.5 Å². The number of halogens is 2. The standard InChI is InChI=1S/C18H16BrClO4/c1-11-8-13(19)10-15(20)18(11)24-17(21)7-4-12-9-14(22-2)5-6-16(12)23-3/h4-10H,1-3H3/b7-4+. The van der Waals surface area contributed by atoms with Gasteiger partial charge in [-0.05, 0) is 48.9 Å². The smallest absolute Gasteiger partial charge is 0.336 e. The van der Waals surface area contributed by atoms with Crippen LogP contribution in [-0.4, -0.2) is 20.2 Å². The molecular formula is C18H16BrClO4. The highest BCUT2D eigenvalue weighted by Gasteiger charge is 2.11. The van der Waals surface area contributed by atoms with Crippen molar-refractivity contribution in [1.29, 1.82) is 0 Å². The Hall–Kier alpha value is -1.98. The van der Waals surface area contributed by atoms with Gasteiger partial charge in [0.15, 0.2) is 5.75 Å². The zero-order chi connectivity index (χ0) is 17.7. The molecule has 0 radical (unpaired) electrons. The summed E-state index contributed by atoms with van der Waals surface area (Å²) >= 11 is 9.45. The van der Waals surface area contributed by atoms with E-state index in [0.717, 1.165) is 10.0 Å². The predicted molar refractivity (Wildman–Crippen MR) is 98.1 cm³/mol. The second kappa shape index (κ2) is 8.22. The van der Waals surface area contributed by atoms with Gasteiger partial charge in [0, 0.05) is 16.1 Å². The van der Waals surface area contributed by atoms with Crippen LogP contribution in [0.4, 0.5) is 0 Å². The number of methoxy groups -OCH3 is 2. The summed E-state index contributed by atoms with van der Waals surface area (Å²) in [4.78, 5) is 12.1. The Balaban J connectivity index is 2.20. The zero-order valence-corrected chi connectivity index (χ0v) is 15.8. The van der Waals surface area contributed by atoms with E-state index in [0.29, 0.717) is 27.8 Å². The zero-order valence-electron chi connectivity index (χ0n) is 13.4. The van der Waals surface area contributed by atoms with Gasteiger partial charge in [-0.2, -0.15) is 0 Å². The molecule has 0 fully saturated rings. The number of carbonyl (C=O) groups excluding carboxylic acids is 1. The Morgan fingerprint density at radius 3 is 2.54 bits per heavy atom. The van der Waals surface area contributed by atoms with Crippen molar-refractivity contribution in [1.82, 2.24) is 0 Å². The van der Waals surface area contributed by atoms with Crippen LogP contribution in [0.3, 0.4) is 0 Å². The molecule has 0 N–H and O–H groups in total. The lowest BCUT2D eigenvalue weighted by atomic mass is 10.1. The number of aryl methyl sites for hydroxylation is 1. The first-order valence-corrected chi connectivity index (χ1v) is 8.19. The molecule has 24 heavy (non-hydrogen) atoms. The number of ether oxygens (including phenoxy) is 3. The number of carbonyl (C=O) groups is 1. The van der Waals surface area contributed by atoms with Gasteiger partial charge in [0.25, 0.3) is 0 Å². The van der Waals surface area contributed by atoms with Crippen LogP contribution in [0.2, 0.25) is 5.02 Å². The van der Waals surface area contributed by atoms with Gasteiger partial charge >= 0.3 is 5.97 Å². The number of hydrogen-bond acceptors (Lipinski definition) is 4. The van der Waals surface area contributed by atoms with Crippen molar-refractivity contribution in [2.24, 2.45) is 0 Å². The number of benzene rings is 2. The van der Waals surface area contributed by atoms with Crippen LogP contribution in [0.15, 0.2) is 40.9 Å². The fourth-order valence-corrected chi connectivity index (χ4v) is 3.09. The summed E-state index contributed by atoms with van der Waals surface area (Å²) in [7, 11) is 3.13. The molecule has 0 bridgehead atoms. The van der Waals surface area contributed by atoms with Crippen molar-refractivity contribution in [3.05, 3.63) is 57.0 Å². The van der Waals surface area contributed by atoms with Gasteiger partial charge in [-0.25, -0.2) is 4.79 Å². The van der Waals surface area contributed by atoms with E-state index in [1.165, 1.54) is 6.08 Å². The fourth-order valence-electron chi connectivity index (χ4n) is 2.08. The number of rotatable bonds is 5. The maximum atomic E-state index is 12.1. The molecule has 2 rings (SSSR count). The lowest BCUT2D eigenvalue weighted by Gasteiger charge is -2.09. The van der Waals surface area contributed by atoms with Crippen molar-refractivity contribution < 1.29 is 19.0 Å². The molecular weight excluding hydrogens is 396 g/mol. The molecule has 0 saturated carbocycles. The van der Waals surface area contributed by atoms with Gasteiger partial charge in [0.1, 0.15) is 11.5 Å². The van der Waals surface area contributed by atoms with Crippen molar-refractivity contribution in [3.8, 4) is 17.2 Å². The first kappa shape index (κ1) is 18.4. The Labute approximate surface area is 154 Å². The third kappa shape index (κ3) is 4.52. The fraction of sp³-hybridized carbons (Fsp3) is 0.167. The minimum Gasteiger partial charge on any atom is -0.497 e. The molecule has 0 atom stereocenters. The van der Waals surface area contributed by atoms with Gasteiger partial charge in [-0.3, -0.25) is 0 Å². The molecule has 0 aromatic heterocycles. The molecule has 2 aromatic carbocycles. The molecule has 0 aliphatic heterocycles. The normalized spacial score (nSPS) is 10.7. The maximum absolute atomic E-state index is 12.1. The van der Waals surface area contributed by atoms with E-state index in [2.05, 4.69) is 15.9 Å². The molecule has 0 spiro atoms. The molecule has 0 amide bonds. The summed E-state index contributed by atoms with van der Waals surface area (Å²) in [6.07, 6.45) is 2.92. The second-order valence-corrected chi connectivity index (χ2v) is 6.22. The molecule has 0 aliphatic carbocycles. The predicted octanol–water partition coefficient (Wildman–Crippen LogP) is 5.05. The third-order valence-electron chi connectivity index (χ3n) is 3.23. The van der Waals surface area contributed by atoms with Gasteiger partial charge < -0.3 is 14.2 Å². The van der Waals surface area contributed by atoms with Gasteiger partial charge in [0.05, 0.1) is 19.2 Å². The summed E-state index contributed by atoms with van der Waals surface area (Å²) in [5.74, 6) is 1.09. The maximum Gasteiger partial charge on any atom is 0.336 e. The van der Waals surface area contributed by atoms with E-state index in [-0.39, 0.29) is 0 Å². The van der Waals surface area contributed by atoms with Gasteiger partial charge in [0.2, 0.25) is 0 Å². The number of hydrogen-bond donors (Lipinski definition) is 0. The largest absolute Gasteiger partial charge is 0.497 e. The Morgan fingerprint density at radius 2 is 1.92 bits per heavy atom. The minimum absolute atomic E-state index is 0.340. The van der Waals surface area contributed by atoms with E-state index in [1.54, 1.807) is 44.6 Å². The van der Waals surface area contributed by atoms with E-state index in [9.17, 15) is 4.79 Å². The summed E-state index contributed by atoms with van der Waals surface area (Å²) in [5, 5.41) is 0.364. The van der Waals surface area contributed by atoms with Crippen LogP contribution in [0, 0.1) is 6.92 Å². The van der Waals surface area contributed by atoms with E-state index >= 15 is 0 Å². The van der Waals surface area contributed by atoms with Crippen molar-refractivity contribution in [2.45, 2.75) is 6.92 Å². The van der Waals surface area contributed by atoms with Crippen molar-refractivity contribution in [3.63, 3.8) is 0 Å². The quantitative estimate of drug-likeness (QED) is 0.392. The highest BCUT2D eigenvalue weighted by molar-refractivity contribution is 9.10. The Bertz CT molecular complexity index is 764. The summed E-state index contributed by atoms with van der Waals surface area (Å²) in [5.41, 5.74) is 1.46. The first-order valence-electron chi connectivity index (χ1n) is 7.02. The Morgan fingerprint density at radius 1 is 1.17 bits per heavy atom. The SMILES string of the molecule is COc1ccc(OC)c(/C=C/C(=O)Oc2c(C)cc(Br)cc2Cl)c1. The molecule has 2 aromatic rings. The van der Waals surface area contributed by atoms with E-state index < -0.39 is 5.97 Å². The minimum atomic E-state index is -0.535. The lowest BCUT2D eigenvalue weighted by molar-refractivity contribution is -0.128. The van der Waals surface area contributed by atoms with Crippen LogP contribution in [0.25, 0.3) is 6.08 Å². The third-order valence-corrected chi connectivity index (χ3v) is 3.97. The van der Waals surface area contributed by atoms with Crippen LogP contribution in [0.5, 0.6) is 17.2 Å². The molecule has 0 saturated heterocycles. The molecule has 0 heterocycles. The Kier molecular flexibility index (Phi) is 6.29.